The van der Waals surface area contributed by atoms with Crippen LogP contribution in [0.4, 0.5) is 0 Å². The van der Waals surface area contributed by atoms with Gasteiger partial charge in [-0.15, -0.1) is 0 Å². The molecule has 0 bridgehead atoms. The van der Waals surface area contributed by atoms with Crippen molar-refractivity contribution in [3.63, 3.8) is 0 Å². The van der Waals surface area contributed by atoms with Crippen molar-refractivity contribution in [2.24, 2.45) is 13.0 Å². The molecule has 1 saturated carbocycles. The third-order valence-corrected chi connectivity index (χ3v) is 5.45. The number of aromatic nitrogens is 3. The molecule has 122 valence electrons. The molecule has 1 amide bonds. The van der Waals surface area contributed by atoms with E-state index in [4.69, 9.17) is 5.10 Å². The number of amides is 1. The summed E-state index contributed by atoms with van der Waals surface area (Å²) in [6, 6.07) is 4.07. The van der Waals surface area contributed by atoms with E-state index in [0.29, 0.717) is 11.8 Å². The standard InChI is InChI=1S/C18H24N4O/c1-21-17-15(9-4-10-19-17)16(20-21)14-8-5-11-22(12-14)18(23)13-6-2-3-7-13/h4,9-10,13-14H,2-3,5-8,11-12H2,1H3/t14-/m1/s1. The number of likely N-dealkylation sites (tertiary alicyclic amines) is 1. The molecule has 1 atom stereocenters. The van der Waals surface area contributed by atoms with Gasteiger partial charge in [-0.3, -0.25) is 9.48 Å². The molecule has 5 nitrogen and oxygen atoms in total. The minimum Gasteiger partial charge on any atom is -0.342 e. The Labute approximate surface area is 136 Å². The van der Waals surface area contributed by atoms with Gasteiger partial charge in [0.05, 0.1) is 5.69 Å². The molecule has 3 heterocycles. The molecule has 1 aliphatic carbocycles. The van der Waals surface area contributed by atoms with Crippen LogP contribution in [0.2, 0.25) is 0 Å². The highest BCUT2D eigenvalue weighted by Crippen LogP contribution is 2.33. The van der Waals surface area contributed by atoms with E-state index in [2.05, 4.69) is 16.0 Å². The van der Waals surface area contributed by atoms with Crippen molar-refractivity contribution in [3.8, 4) is 0 Å². The van der Waals surface area contributed by atoms with Crippen molar-refractivity contribution in [3.05, 3.63) is 24.0 Å². The summed E-state index contributed by atoms with van der Waals surface area (Å²) >= 11 is 0. The number of hydrogen-bond acceptors (Lipinski definition) is 3. The van der Waals surface area contributed by atoms with Crippen LogP contribution in [0.3, 0.4) is 0 Å². The van der Waals surface area contributed by atoms with Crippen LogP contribution in [0.25, 0.3) is 11.0 Å². The molecule has 1 aliphatic heterocycles. The van der Waals surface area contributed by atoms with Crippen molar-refractivity contribution in [1.29, 1.82) is 0 Å². The molecular formula is C18H24N4O. The Balaban J connectivity index is 1.58. The second-order valence-corrected chi connectivity index (χ2v) is 6.99. The third-order valence-electron chi connectivity index (χ3n) is 5.45. The van der Waals surface area contributed by atoms with Crippen LogP contribution in [0.1, 0.15) is 50.1 Å². The Morgan fingerprint density at radius 1 is 1.22 bits per heavy atom. The van der Waals surface area contributed by atoms with Gasteiger partial charge in [0.25, 0.3) is 0 Å². The first-order chi connectivity index (χ1) is 11.2. The van der Waals surface area contributed by atoms with Gasteiger partial charge in [-0.1, -0.05) is 12.8 Å². The van der Waals surface area contributed by atoms with Crippen molar-refractivity contribution in [1.82, 2.24) is 19.7 Å². The molecule has 2 aromatic rings. The van der Waals surface area contributed by atoms with Gasteiger partial charge in [0, 0.05) is 43.6 Å². The summed E-state index contributed by atoms with van der Waals surface area (Å²) in [5, 5.41) is 5.86. The number of piperidine rings is 1. The molecule has 0 N–H and O–H groups in total. The number of pyridine rings is 1. The number of carbonyl (C=O) groups excluding carboxylic acids is 1. The Morgan fingerprint density at radius 2 is 2.04 bits per heavy atom. The molecule has 4 rings (SSSR count). The average Bonchev–Trinajstić information content (AvgIpc) is 3.23. The molecule has 1 saturated heterocycles. The zero-order valence-corrected chi connectivity index (χ0v) is 13.7. The SMILES string of the molecule is Cn1nc([C@@H]2CCCN(C(=O)C3CCCC3)C2)c2cccnc21. The highest BCUT2D eigenvalue weighted by molar-refractivity contribution is 5.80. The molecule has 0 aromatic carbocycles. The monoisotopic (exact) mass is 312 g/mol. The fourth-order valence-corrected chi connectivity index (χ4v) is 4.25. The summed E-state index contributed by atoms with van der Waals surface area (Å²) in [5.74, 6) is 0.989. The second kappa shape index (κ2) is 5.95. The fourth-order valence-electron chi connectivity index (χ4n) is 4.25. The Hall–Kier alpha value is -1.91. The van der Waals surface area contributed by atoms with Gasteiger partial charge in [0.1, 0.15) is 0 Å². The van der Waals surface area contributed by atoms with Gasteiger partial charge >= 0.3 is 0 Å². The number of carbonyl (C=O) groups is 1. The topological polar surface area (TPSA) is 51.0 Å². The van der Waals surface area contributed by atoms with E-state index in [9.17, 15) is 4.79 Å². The largest absolute Gasteiger partial charge is 0.342 e. The van der Waals surface area contributed by atoms with Gasteiger partial charge in [-0.2, -0.15) is 5.10 Å². The van der Waals surface area contributed by atoms with Gasteiger partial charge < -0.3 is 4.90 Å². The summed E-state index contributed by atoms with van der Waals surface area (Å²) in [4.78, 5) is 19.3. The zero-order chi connectivity index (χ0) is 15.8. The van der Waals surface area contributed by atoms with Crippen molar-refractivity contribution in [2.45, 2.75) is 44.4 Å². The highest BCUT2D eigenvalue weighted by Gasteiger charge is 2.32. The molecular weight excluding hydrogens is 288 g/mol. The van der Waals surface area contributed by atoms with Crippen LogP contribution < -0.4 is 0 Å². The van der Waals surface area contributed by atoms with E-state index < -0.39 is 0 Å². The van der Waals surface area contributed by atoms with E-state index in [1.54, 1.807) is 0 Å². The predicted octanol–water partition coefficient (Wildman–Crippen LogP) is 2.86. The minimum absolute atomic E-state index is 0.274. The smallest absolute Gasteiger partial charge is 0.225 e. The van der Waals surface area contributed by atoms with Crippen molar-refractivity contribution < 1.29 is 4.79 Å². The van der Waals surface area contributed by atoms with E-state index >= 15 is 0 Å². The Morgan fingerprint density at radius 3 is 2.87 bits per heavy atom. The quantitative estimate of drug-likeness (QED) is 0.857. The van der Waals surface area contributed by atoms with Gasteiger partial charge in [0.15, 0.2) is 5.65 Å². The first kappa shape index (κ1) is 14.7. The fraction of sp³-hybridized carbons (Fsp3) is 0.611. The molecule has 5 heteroatoms. The van der Waals surface area contributed by atoms with Gasteiger partial charge in [-0.25, -0.2) is 4.98 Å². The molecule has 2 aromatic heterocycles. The number of fused-ring (bicyclic) bond motifs is 1. The van der Waals surface area contributed by atoms with Crippen LogP contribution >= 0.6 is 0 Å². The molecule has 2 fully saturated rings. The van der Waals surface area contributed by atoms with E-state index in [0.717, 1.165) is 55.5 Å². The Kier molecular flexibility index (Phi) is 3.79. The molecule has 0 unspecified atom stereocenters. The lowest BCUT2D eigenvalue weighted by Crippen LogP contribution is -2.42. The van der Waals surface area contributed by atoms with Crippen LogP contribution in [-0.2, 0) is 11.8 Å². The lowest BCUT2D eigenvalue weighted by molar-refractivity contribution is -0.136. The molecule has 0 spiro atoms. The zero-order valence-electron chi connectivity index (χ0n) is 13.7. The van der Waals surface area contributed by atoms with Gasteiger partial charge in [-0.05, 0) is 37.8 Å². The summed E-state index contributed by atoms with van der Waals surface area (Å²) in [7, 11) is 1.95. The lowest BCUT2D eigenvalue weighted by Gasteiger charge is -2.33. The predicted molar refractivity (Wildman–Crippen MR) is 89.0 cm³/mol. The van der Waals surface area contributed by atoms with Crippen LogP contribution in [0, 0.1) is 5.92 Å². The average molecular weight is 312 g/mol. The summed E-state index contributed by atoms with van der Waals surface area (Å²) in [6.07, 6.45) is 8.57. The van der Waals surface area contributed by atoms with Crippen LogP contribution in [0.15, 0.2) is 18.3 Å². The van der Waals surface area contributed by atoms with Crippen molar-refractivity contribution >= 4 is 16.9 Å². The minimum atomic E-state index is 0.274. The summed E-state index contributed by atoms with van der Waals surface area (Å²) in [5.41, 5.74) is 2.04. The van der Waals surface area contributed by atoms with Crippen LogP contribution in [-0.4, -0.2) is 38.7 Å². The first-order valence-electron chi connectivity index (χ1n) is 8.80. The second-order valence-electron chi connectivity index (χ2n) is 6.99. The maximum Gasteiger partial charge on any atom is 0.225 e. The van der Waals surface area contributed by atoms with Crippen molar-refractivity contribution in [2.75, 3.05) is 13.1 Å². The maximum absolute atomic E-state index is 12.7. The molecule has 2 aliphatic rings. The van der Waals surface area contributed by atoms with E-state index in [1.807, 2.05) is 24.0 Å². The van der Waals surface area contributed by atoms with E-state index in [-0.39, 0.29) is 5.92 Å². The summed E-state index contributed by atoms with van der Waals surface area (Å²) in [6.45, 7) is 1.73. The summed E-state index contributed by atoms with van der Waals surface area (Å²) < 4.78 is 1.86. The van der Waals surface area contributed by atoms with Crippen LogP contribution in [0.5, 0.6) is 0 Å². The normalized spacial score (nSPS) is 22.8. The first-order valence-corrected chi connectivity index (χ1v) is 8.80. The number of aryl methyl sites for hydroxylation is 1. The maximum atomic E-state index is 12.7. The lowest BCUT2D eigenvalue weighted by atomic mass is 9.92. The highest BCUT2D eigenvalue weighted by atomic mass is 16.2. The Bertz CT molecular complexity index is 717. The number of nitrogens with zero attached hydrogens (tertiary/aromatic N) is 4. The third kappa shape index (κ3) is 2.62. The van der Waals surface area contributed by atoms with E-state index in [1.165, 1.54) is 12.8 Å². The van der Waals surface area contributed by atoms with Gasteiger partial charge in [0.2, 0.25) is 5.91 Å². The molecule has 23 heavy (non-hydrogen) atoms. The molecule has 0 radical (unpaired) electrons. The number of rotatable bonds is 2. The number of hydrogen-bond donors (Lipinski definition) is 0.